The zero-order chi connectivity index (χ0) is 20.3. The Bertz CT molecular complexity index is 984. The fraction of sp³-hybridized carbons (Fsp3) is 0.421. The number of hydrogen-bond acceptors (Lipinski definition) is 6. The van der Waals surface area contributed by atoms with Crippen LogP contribution in [0, 0.1) is 0 Å². The van der Waals surface area contributed by atoms with Crippen LogP contribution in [0.2, 0.25) is 0 Å². The van der Waals surface area contributed by atoms with Crippen LogP contribution in [0.1, 0.15) is 37.2 Å². The van der Waals surface area contributed by atoms with Crippen LogP contribution in [0.15, 0.2) is 29.1 Å². The number of carbonyl (C=O) groups is 3. The minimum atomic E-state index is -1.16. The van der Waals surface area contributed by atoms with Gasteiger partial charge >= 0.3 is 12.0 Å². The van der Waals surface area contributed by atoms with Crippen molar-refractivity contribution in [3.05, 3.63) is 40.3 Å². The van der Waals surface area contributed by atoms with Crippen LogP contribution in [0.25, 0.3) is 10.8 Å². The van der Waals surface area contributed by atoms with Crippen LogP contribution in [0.5, 0.6) is 0 Å². The molecule has 28 heavy (non-hydrogen) atoms. The highest BCUT2D eigenvalue weighted by atomic mass is 16.5. The molecule has 1 atom stereocenters. The molecule has 1 saturated heterocycles. The fourth-order valence-corrected chi connectivity index (χ4v) is 3.01. The molecule has 3 rings (SSSR count). The predicted octanol–water partition coefficient (Wildman–Crippen LogP) is 1.29. The summed E-state index contributed by atoms with van der Waals surface area (Å²) in [5.74, 6) is -1.42. The Kier molecular flexibility index (Phi) is 5.72. The lowest BCUT2D eigenvalue weighted by Crippen LogP contribution is -2.42. The van der Waals surface area contributed by atoms with Crippen molar-refractivity contribution in [2.45, 2.75) is 39.3 Å². The number of fused-ring (bicyclic) bond motifs is 1. The summed E-state index contributed by atoms with van der Waals surface area (Å²) >= 11 is 0. The first-order valence-electron chi connectivity index (χ1n) is 9.24. The Balaban J connectivity index is 1.90. The second-order valence-corrected chi connectivity index (χ2v) is 6.55. The first kappa shape index (κ1) is 19.5. The molecule has 1 aromatic heterocycles. The molecule has 0 unspecified atom stereocenters. The maximum atomic E-state index is 12.7. The third-order valence-electron chi connectivity index (χ3n) is 4.54. The summed E-state index contributed by atoms with van der Waals surface area (Å²) in [6, 6.07) is 6.14. The predicted molar refractivity (Wildman–Crippen MR) is 101 cm³/mol. The van der Waals surface area contributed by atoms with E-state index in [-0.39, 0.29) is 17.8 Å². The normalized spacial score (nSPS) is 14.8. The standard InChI is InChI=1S/C19H22N4O5/c1-3-4-10-23-17(25)14-8-6-5-7-13(14)15(21-23)18(26)28-12(2)16(24)22-11-9-20-19(22)27/h5-8,12H,3-4,9-11H2,1-2H3,(H,20,27)/t12-/m1/s1. The zero-order valence-electron chi connectivity index (χ0n) is 15.8. The van der Waals surface area contributed by atoms with Gasteiger partial charge in [-0.3, -0.25) is 14.5 Å². The van der Waals surface area contributed by atoms with Gasteiger partial charge in [0.2, 0.25) is 0 Å². The van der Waals surface area contributed by atoms with Crippen molar-refractivity contribution in [1.29, 1.82) is 0 Å². The van der Waals surface area contributed by atoms with E-state index in [1.165, 1.54) is 11.6 Å². The van der Waals surface area contributed by atoms with Gasteiger partial charge in [-0.25, -0.2) is 14.3 Å². The molecule has 0 radical (unpaired) electrons. The minimum Gasteiger partial charge on any atom is -0.448 e. The highest BCUT2D eigenvalue weighted by molar-refractivity contribution is 6.04. The number of ether oxygens (including phenoxy) is 1. The maximum Gasteiger partial charge on any atom is 0.360 e. The Labute approximate surface area is 161 Å². The number of esters is 1. The number of amides is 3. The Morgan fingerprint density at radius 3 is 2.61 bits per heavy atom. The molecule has 0 bridgehead atoms. The molecule has 2 aromatic rings. The number of hydrogen-bond donors (Lipinski definition) is 1. The lowest BCUT2D eigenvalue weighted by atomic mass is 10.1. The number of aryl methyl sites for hydroxylation is 1. The summed E-state index contributed by atoms with van der Waals surface area (Å²) in [6.45, 7) is 4.36. The minimum absolute atomic E-state index is 0.0307. The molecular formula is C19H22N4O5. The van der Waals surface area contributed by atoms with Gasteiger partial charge in [-0.15, -0.1) is 0 Å². The number of unbranched alkanes of at least 4 members (excludes halogenated alkanes) is 1. The summed E-state index contributed by atoms with van der Waals surface area (Å²) in [5.41, 5.74) is -0.310. The van der Waals surface area contributed by atoms with Gasteiger partial charge in [-0.05, 0) is 19.4 Å². The van der Waals surface area contributed by atoms with E-state index in [2.05, 4.69) is 10.4 Å². The number of nitrogens with zero attached hydrogens (tertiary/aromatic N) is 3. The first-order chi connectivity index (χ1) is 13.4. The van der Waals surface area contributed by atoms with Crippen LogP contribution >= 0.6 is 0 Å². The molecule has 1 aromatic carbocycles. The second-order valence-electron chi connectivity index (χ2n) is 6.55. The van der Waals surface area contributed by atoms with Crippen LogP contribution < -0.4 is 10.9 Å². The van der Waals surface area contributed by atoms with Gasteiger partial charge in [-0.1, -0.05) is 31.5 Å². The zero-order valence-corrected chi connectivity index (χ0v) is 15.8. The number of aromatic nitrogens is 2. The van der Waals surface area contributed by atoms with Crippen molar-refractivity contribution < 1.29 is 19.1 Å². The molecule has 3 amide bonds. The monoisotopic (exact) mass is 386 g/mol. The highest BCUT2D eigenvalue weighted by Crippen LogP contribution is 2.16. The molecule has 1 fully saturated rings. The third kappa shape index (κ3) is 3.73. The SMILES string of the molecule is CCCCn1nc(C(=O)O[C@H](C)C(=O)N2CCNC2=O)c2ccccc2c1=O. The van der Waals surface area contributed by atoms with Crippen molar-refractivity contribution >= 4 is 28.7 Å². The van der Waals surface area contributed by atoms with E-state index in [0.717, 1.165) is 17.7 Å². The summed E-state index contributed by atoms with van der Waals surface area (Å²) < 4.78 is 6.53. The second kappa shape index (κ2) is 8.20. The molecule has 1 aliphatic rings. The Morgan fingerprint density at radius 2 is 1.96 bits per heavy atom. The van der Waals surface area contributed by atoms with Crippen LogP contribution in [0.3, 0.4) is 0 Å². The average Bonchev–Trinajstić information content (AvgIpc) is 3.12. The molecule has 0 spiro atoms. The lowest BCUT2D eigenvalue weighted by Gasteiger charge is -2.18. The Hall–Kier alpha value is -3.23. The largest absolute Gasteiger partial charge is 0.448 e. The number of benzene rings is 1. The number of carbonyl (C=O) groups excluding carboxylic acids is 3. The van der Waals surface area contributed by atoms with Crippen molar-refractivity contribution in [2.75, 3.05) is 13.1 Å². The molecule has 9 heteroatoms. The molecule has 148 valence electrons. The molecule has 0 saturated carbocycles. The van der Waals surface area contributed by atoms with Crippen LogP contribution in [-0.2, 0) is 16.1 Å². The molecule has 2 heterocycles. The quantitative estimate of drug-likeness (QED) is 0.749. The molecule has 9 nitrogen and oxygen atoms in total. The fourth-order valence-electron chi connectivity index (χ4n) is 3.01. The van der Waals surface area contributed by atoms with Gasteiger partial charge in [0.1, 0.15) is 0 Å². The molecular weight excluding hydrogens is 364 g/mol. The van der Waals surface area contributed by atoms with Crippen molar-refractivity contribution in [1.82, 2.24) is 20.0 Å². The third-order valence-corrected chi connectivity index (χ3v) is 4.54. The van der Waals surface area contributed by atoms with E-state index >= 15 is 0 Å². The number of nitrogens with one attached hydrogen (secondary N) is 1. The highest BCUT2D eigenvalue weighted by Gasteiger charge is 2.32. The lowest BCUT2D eigenvalue weighted by molar-refractivity contribution is -0.136. The van der Waals surface area contributed by atoms with Gasteiger partial charge in [0, 0.05) is 25.0 Å². The van der Waals surface area contributed by atoms with Gasteiger partial charge < -0.3 is 10.1 Å². The molecule has 1 N–H and O–H groups in total. The molecule has 0 aliphatic carbocycles. The van der Waals surface area contributed by atoms with Gasteiger partial charge in [-0.2, -0.15) is 5.10 Å². The maximum absolute atomic E-state index is 12.7. The van der Waals surface area contributed by atoms with Crippen molar-refractivity contribution in [2.24, 2.45) is 0 Å². The van der Waals surface area contributed by atoms with E-state index in [1.807, 2.05) is 6.92 Å². The Morgan fingerprint density at radius 1 is 1.25 bits per heavy atom. The summed E-state index contributed by atoms with van der Waals surface area (Å²) in [7, 11) is 0. The number of urea groups is 1. The summed E-state index contributed by atoms with van der Waals surface area (Å²) in [5, 5.41) is 7.44. The number of imide groups is 1. The van der Waals surface area contributed by atoms with Gasteiger partial charge in [0.15, 0.2) is 11.8 Å². The first-order valence-corrected chi connectivity index (χ1v) is 9.24. The smallest absolute Gasteiger partial charge is 0.360 e. The van der Waals surface area contributed by atoms with Crippen molar-refractivity contribution in [3.8, 4) is 0 Å². The van der Waals surface area contributed by atoms with Crippen LogP contribution in [0.4, 0.5) is 4.79 Å². The van der Waals surface area contributed by atoms with E-state index in [0.29, 0.717) is 23.9 Å². The van der Waals surface area contributed by atoms with Gasteiger partial charge in [0.05, 0.1) is 5.39 Å². The van der Waals surface area contributed by atoms with E-state index < -0.39 is 24.0 Å². The number of rotatable bonds is 6. The summed E-state index contributed by atoms with van der Waals surface area (Å²) in [6.07, 6.45) is 0.441. The average molecular weight is 386 g/mol. The van der Waals surface area contributed by atoms with E-state index in [9.17, 15) is 19.2 Å². The van der Waals surface area contributed by atoms with E-state index in [4.69, 9.17) is 4.74 Å². The van der Waals surface area contributed by atoms with Gasteiger partial charge in [0.25, 0.3) is 11.5 Å². The summed E-state index contributed by atoms with van der Waals surface area (Å²) in [4.78, 5) is 50.3. The van der Waals surface area contributed by atoms with E-state index in [1.54, 1.807) is 24.3 Å². The topological polar surface area (TPSA) is 111 Å². The van der Waals surface area contributed by atoms with Crippen LogP contribution in [-0.4, -0.2) is 51.8 Å². The van der Waals surface area contributed by atoms with Crippen molar-refractivity contribution in [3.63, 3.8) is 0 Å². The molecule has 1 aliphatic heterocycles.